The van der Waals surface area contributed by atoms with Crippen molar-refractivity contribution < 1.29 is 67.1 Å². The first kappa shape index (κ1) is 26.7. The molecule has 0 spiro atoms. The second-order valence-electron chi connectivity index (χ2n) is 6.55. The third kappa shape index (κ3) is 9.26. The number of halogens is 2. The van der Waals surface area contributed by atoms with Crippen molar-refractivity contribution in [3.05, 3.63) is 60.2 Å². The molecule has 2 N–H and O–H groups in total. The summed E-state index contributed by atoms with van der Waals surface area (Å²) in [7, 11) is 3.81. The second kappa shape index (κ2) is 14.7. The van der Waals surface area contributed by atoms with Crippen molar-refractivity contribution in [3.8, 4) is 0 Å². The summed E-state index contributed by atoms with van der Waals surface area (Å²) in [6, 6.07) is 9.80. The highest BCUT2D eigenvalue weighted by Crippen LogP contribution is 2.17. The van der Waals surface area contributed by atoms with Gasteiger partial charge in [-0.05, 0) is 25.0 Å². The summed E-state index contributed by atoms with van der Waals surface area (Å²) in [6.45, 7) is 0. The molecule has 1 aliphatic carbocycles. The van der Waals surface area contributed by atoms with E-state index >= 15 is 0 Å². The minimum atomic E-state index is 0. The van der Waals surface area contributed by atoms with E-state index in [4.69, 9.17) is 5.21 Å². The van der Waals surface area contributed by atoms with Crippen LogP contribution in [0.2, 0.25) is 0 Å². The quantitative estimate of drug-likeness (QED) is 0.122. The van der Waals surface area contributed by atoms with Crippen molar-refractivity contribution in [2.24, 2.45) is 19.3 Å². The average molecular weight is 610 g/mol. The standard InChI is InChI=1S/C13H18N2O.C7H8N2O.2HI/c1-15-9-5-6-11(10-15)13(16)14-12-7-3-2-4-8-12;1-9-5-3-2-4-7(9)6-8-10;;/h5-6,9-10,12H,2-4,7-8H2,1H3;2-6H,1H3;2*1H. The summed E-state index contributed by atoms with van der Waals surface area (Å²) < 4.78 is 3.76. The fourth-order valence-electron chi connectivity index (χ4n) is 2.97. The van der Waals surface area contributed by atoms with Gasteiger partial charge in [0.25, 0.3) is 5.91 Å². The molecule has 2 aromatic heterocycles. The topological polar surface area (TPSA) is 69.5 Å². The van der Waals surface area contributed by atoms with Crippen LogP contribution in [0.1, 0.15) is 48.2 Å². The first-order valence-electron chi connectivity index (χ1n) is 8.98. The lowest BCUT2D eigenvalue weighted by molar-refractivity contribution is -0.672. The lowest BCUT2D eigenvalue weighted by atomic mass is 9.95. The number of pyridine rings is 2. The predicted molar refractivity (Wildman–Crippen MR) is 99.0 cm³/mol. The Morgan fingerprint density at radius 2 is 1.82 bits per heavy atom. The van der Waals surface area contributed by atoms with Gasteiger partial charge in [0.2, 0.25) is 5.69 Å². The Morgan fingerprint density at radius 1 is 1.11 bits per heavy atom. The van der Waals surface area contributed by atoms with Crippen molar-refractivity contribution in [3.63, 3.8) is 0 Å². The van der Waals surface area contributed by atoms with E-state index in [-0.39, 0.29) is 53.9 Å². The van der Waals surface area contributed by atoms with E-state index < -0.39 is 0 Å². The van der Waals surface area contributed by atoms with Crippen LogP contribution in [0.25, 0.3) is 0 Å². The zero-order valence-corrected chi connectivity index (χ0v) is 20.6. The minimum absolute atomic E-state index is 0. The number of carbonyl (C=O) groups is 1. The zero-order chi connectivity index (χ0) is 18.8. The highest BCUT2D eigenvalue weighted by Gasteiger charge is 2.17. The van der Waals surface area contributed by atoms with Crippen LogP contribution in [0.3, 0.4) is 0 Å². The molecular weight excluding hydrogens is 582 g/mol. The highest BCUT2D eigenvalue weighted by molar-refractivity contribution is 5.93. The summed E-state index contributed by atoms with van der Waals surface area (Å²) in [4.78, 5) is 11.9. The number of rotatable bonds is 3. The largest absolute Gasteiger partial charge is 1.00 e. The van der Waals surface area contributed by atoms with E-state index in [1.807, 2.05) is 72.2 Å². The molecule has 0 saturated heterocycles. The average Bonchev–Trinajstić information content (AvgIpc) is 2.65. The van der Waals surface area contributed by atoms with E-state index in [1.54, 1.807) is 0 Å². The fourth-order valence-corrected chi connectivity index (χ4v) is 2.97. The number of aromatic nitrogens is 2. The zero-order valence-electron chi connectivity index (χ0n) is 16.3. The lowest BCUT2D eigenvalue weighted by Gasteiger charge is -2.22. The Morgan fingerprint density at radius 3 is 2.43 bits per heavy atom. The van der Waals surface area contributed by atoms with Crippen LogP contribution in [0.4, 0.5) is 0 Å². The number of amides is 1. The van der Waals surface area contributed by atoms with Gasteiger partial charge in [-0.25, -0.2) is 9.13 Å². The molecule has 2 heterocycles. The molecule has 3 rings (SSSR count). The molecular formula is C20H28I2N4O2. The van der Waals surface area contributed by atoms with Gasteiger partial charge >= 0.3 is 0 Å². The van der Waals surface area contributed by atoms with Crippen LogP contribution in [0.15, 0.2) is 54.1 Å². The van der Waals surface area contributed by atoms with Crippen LogP contribution in [0.5, 0.6) is 0 Å². The molecule has 1 saturated carbocycles. The predicted octanol–water partition coefficient (Wildman–Crippen LogP) is -4.10. The smallest absolute Gasteiger partial charge is 0.257 e. The van der Waals surface area contributed by atoms with E-state index in [0.717, 1.165) is 24.1 Å². The number of nitrogens with one attached hydrogen (secondary N) is 1. The summed E-state index contributed by atoms with van der Waals surface area (Å²) in [5.74, 6) is 0.0584. The Bertz CT molecular complexity index is 750. The van der Waals surface area contributed by atoms with E-state index in [1.165, 1.54) is 25.5 Å². The van der Waals surface area contributed by atoms with Gasteiger partial charge in [-0.1, -0.05) is 24.4 Å². The molecule has 8 heteroatoms. The van der Waals surface area contributed by atoms with Crippen LogP contribution in [0, 0.1) is 0 Å². The Labute approximate surface area is 201 Å². The number of oxime groups is 1. The van der Waals surface area contributed by atoms with Crippen molar-refractivity contribution in [1.82, 2.24) is 5.32 Å². The van der Waals surface area contributed by atoms with E-state index in [0.29, 0.717) is 6.04 Å². The van der Waals surface area contributed by atoms with Gasteiger partial charge in [-0.15, -0.1) is 0 Å². The number of hydrogen-bond donors (Lipinski definition) is 2. The molecule has 0 radical (unpaired) electrons. The SMILES string of the molecule is C[n+]1cccc(C(=O)NC2CCCCC2)c1.C[n+]1ccccc1C=NO.[I-].[I-]. The maximum atomic E-state index is 11.9. The van der Waals surface area contributed by atoms with Crippen LogP contribution in [-0.4, -0.2) is 23.4 Å². The highest BCUT2D eigenvalue weighted by atomic mass is 127. The molecule has 28 heavy (non-hydrogen) atoms. The van der Waals surface area contributed by atoms with Gasteiger partial charge < -0.3 is 58.5 Å². The van der Waals surface area contributed by atoms with Crippen LogP contribution >= 0.6 is 0 Å². The molecule has 1 amide bonds. The number of hydrogen-bond acceptors (Lipinski definition) is 3. The Hall–Kier alpha value is -1.30. The normalized spacial score (nSPS) is 13.5. The lowest BCUT2D eigenvalue weighted by Crippen LogP contribution is -3.00. The summed E-state index contributed by atoms with van der Waals surface area (Å²) in [5.41, 5.74) is 1.61. The van der Waals surface area contributed by atoms with Crippen molar-refractivity contribution in [1.29, 1.82) is 0 Å². The van der Waals surface area contributed by atoms with Crippen molar-refractivity contribution in [2.75, 3.05) is 0 Å². The summed E-state index contributed by atoms with van der Waals surface area (Å²) in [5, 5.41) is 14.2. The van der Waals surface area contributed by atoms with Crippen molar-refractivity contribution in [2.45, 2.75) is 38.1 Å². The molecule has 0 aliphatic heterocycles. The molecule has 2 aromatic rings. The van der Waals surface area contributed by atoms with Gasteiger partial charge in [0.05, 0.1) is 0 Å². The maximum absolute atomic E-state index is 11.9. The van der Waals surface area contributed by atoms with E-state index in [9.17, 15) is 4.79 Å². The monoisotopic (exact) mass is 610 g/mol. The molecule has 1 aliphatic rings. The van der Waals surface area contributed by atoms with Crippen molar-refractivity contribution >= 4 is 12.1 Å². The van der Waals surface area contributed by atoms with Gasteiger partial charge in [-0.2, -0.15) is 0 Å². The minimum Gasteiger partial charge on any atom is -1.00 e. The summed E-state index contributed by atoms with van der Waals surface area (Å²) in [6.07, 6.45) is 13.1. The molecule has 154 valence electrons. The third-order valence-corrected chi connectivity index (χ3v) is 4.43. The number of carbonyl (C=O) groups excluding carboxylic acids is 1. The maximum Gasteiger partial charge on any atom is 0.257 e. The molecule has 0 unspecified atom stereocenters. The van der Waals surface area contributed by atoms with E-state index in [2.05, 4.69) is 10.5 Å². The van der Waals surface area contributed by atoms with Gasteiger partial charge in [0.15, 0.2) is 18.6 Å². The molecule has 0 atom stereocenters. The number of nitrogens with zero attached hydrogens (tertiary/aromatic N) is 3. The summed E-state index contributed by atoms with van der Waals surface area (Å²) >= 11 is 0. The molecule has 1 fully saturated rings. The Kier molecular flexibility index (Phi) is 14.0. The van der Waals surface area contributed by atoms with Crippen LogP contribution in [-0.2, 0) is 14.1 Å². The molecule has 6 nitrogen and oxygen atoms in total. The Balaban J connectivity index is 0.000000532. The van der Waals surface area contributed by atoms with Crippen LogP contribution < -0.4 is 62.4 Å². The number of aryl methyl sites for hydroxylation is 2. The fraction of sp³-hybridized carbons (Fsp3) is 0.400. The first-order valence-corrected chi connectivity index (χ1v) is 8.98. The second-order valence-corrected chi connectivity index (χ2v) is 6.55. The van der Waals surface area contributed by atoms with Gasteiger partial charge in [0.1, 0.15) is 25.9 Å². The van der Waals surface area contributed by atoms with Gasteiger partial charge in [0, 0.05) is 24.2 Å². The molecule has 0 aromatic carbocycles. The first-order chi connectivity index (χ1) is 12.6. The molecule has 0 bridgehead atoms. The third-order valence-electron chi connectivity index (χ3n) is 4.43. The van der Waals surface area contributed by atoms with Gasteiger partial charge in [-0.3, -0.25) is 4.79 Å².